The summed E-state index contributed by atoms with van der Waals surface area (Å²) in [6.07, 6.45) is 7.34. The SMILES string of the molecule is C=C\C(=C/C(=C\N)/C=C/C(=O)NCCc1c(C)[nH]c2c(F)ccc(C)c12)C(N)=O. The molecule has 6 N–H and O–H groups in total. The Hall–Kier alpha value is -3.61. The van der Waals surface area contributed by atoms with Crippen molar-refractivity contribution in [1.29, 1.82) is 0 Å². The Labute approximate surface area is 168 Å². The van der Waals surface area contributed by atoms with Crippen LogP contribution in [0.1, 0.15) is 16.8 Å². The van der Waals surface area contributed by atoms with Crippen molar-refractivity contribution in [3.63, 3.8) is 0 Å². The van der Waals surface area contributed by atoms with Gasteiger partial charge in [0, 0.05) is 35.5 Å². The Morgan fingerprint density at radius 2 is 2.00 bits per heavy atom. The van der Waals surface area contributed by atoms with Crippen LogP contribution in [0, 0.1) is 19.7 Å². The highest BCUT2D eigenvalue weighted by molar-refractivity contribution is 5.95. The van der Waals surface area contributed by atoms with Crippen LogP contribution in [0.4, 0.5) is 4.39 Å². The number of aryl methyl sites for hydroxylation is 2. The van der Waals surface area contributed by atoms with E-state index in [-0.39, 0.29) is 17.3 Å². The minimum Gasteiger partial charge on any atom is -0.404 e. The number of halogens is 1. The molecule has 0 aliphatic rings. The molecule has 0 aliphatic carbocycles. The van der Waals surface area contributed by atoms with Gasteiger partial charge in [-0.25, -0.2) is 4.39 Å². The first-order valence-electron chi connectivity index (χ1n) is 9.06. The smallest absolute Gasteiger partial charge is 0.248 e. The Bertz CT molecular complexity index is 1040. The molecule has 2 amide bonds. The maximum absolute atomic E-state index is 14.0. The molecule has 0 saturated carbocycles. The molecule has 0 atom stereocenters. The van der Waals surface area contributed by atoms with Gasteiger partial charge in [0.15, 0.2) is 0 Å². The summed E-state index contributed by atoms with van der Waals surface area (Å²) >= 11 is 0. The average molecular weight is 396 g/mol. The summed E-state index contributed by atoms with van der Waals surface area (Å²) in [5.41, 5.74) is 14.7. The third-order valence-electron chi connectivity index (χ3n) is 4.55. The number of H-pyrrole nitrogens is 1. The molecule has 6 nitrogen and oxygen atoms in total. The minimum absolute atomic E-state index is 0.184. The number of rotatable bonds is 8. The quantitative estimate of drug-likeness (QED) is 0.406. The molecule has 0 unspecified atom stereocenters. The van der Waals surface area contributed by atoms with E-state index in [1.165, 1.54) is 36.6 Å². The molecule has 1 heterocycles. The zero-order chi connectivity index (χ0) is 21.6. The van der Waals surface area contributed by atoms with Crippen LogP contribution in [-0.4, -0.2) is 23.3 Å². The molecule has 0 spiro atoms. The number of fused-ring (bicyclic) bond motifs is 1. The van der Waals surface area contributed by atoms with Crippen LogP contribution in [0.15, 0.2) is 60.4 Å². The number of aromatic nitrogens is 1. The Morgan fingerprint density at radius 1 is 1.28 bits per heavy atom. The Balaban J connectivity index is 2.04. The largest absolute Gasteiger partial charge is 0.404 e. The van der Waals surface area contributed by atoms with Gasteiger partial charge in [0.25, 0.3) is 0 Å². The minimum atomic E-state index is -0.641. The molecule has 7 heteroatoms. The first kappa shape index (κ1) is 21.7. The molecule has 0 fully saturated rings. The molecule has 1 aromatic carbocycles. The average Bonchev–Trinajstić information content (AvgIpc) is 3.02. The number of benzene rings is 1. The van der Waals surface area contributed by atoms with Gasteiger partial charge in [0.1, 0.15) is 5.82 Å². The second-order valence-electron chi connectivity index (χ2n) is 6.55. The van der Waals surface area contributed by atoms with Crippen molar-refractivity contribution in [3.05, 3.63) is 83.0 Å². The second kappa shape index (κ2) is 9.54. The van der Waals surface area contributed by atoms with Crippen LogP contribution < -0.4 is 16.8 Å². The molecular weight excluding hydrogens is 371 g/mol. The van der Waals surface area contributed by atoms with E-state index in [1.807, 2.05) is 13.8 Å². The van der Waals surface area contributed by atoms with Crippen LogP contribution in [0.3, 0.4) is 0 Å². The number of allylic oxidation sites excluding steroid dienone is 3. The number of hydrogen-bond acceptors (Lipinski definition) is 3. The van der Waals surface area contributed by atoms with Crippen LogP contribution in [0.25, 0.3) is 10.9 Å². The molecule has 2 rings (SSSR count). The lowest BCUT2D eigenvalue weighted by Gasteiger charge is -2.05. The van der Waals surface area contributed by atoms with Gasteiger partial charge in [0.2, 0.25) is 11.8 Å². The van der Waals surface area contributed by atoms with Crippen molar-refractivity contribution in [2.75, 3.05) is 6.54 Å². The molecule has 29 heavy (non-hydrogen) atoms. The van der Waals surface area contributed by atoms with E-state index in [1.54, 1.807) is 6.07 Å². The number of carbonyl (C=O) groups is 2. The van der Waals surface area contributed by atoms with E-state index in [0.29, 0.717) is 24.1 Å². The summed E-state index contributed by atoms with van der Waals surface area (Å²) < 4.78 is 14.0. The predicted octanol–water partition coefficient (Wildman–Crippen LogP) is 2.58. The molecule has 0 saturated heterocycles. The van der Waals surface area contributed by atoms with Crippen LogP contribution in [-0.2, 0) is 16.0 Å². The molecule has 0 radical (unpaired) electrons. The summed E-state index contributed by atoms with van der Waals surface area (Å²) in [5, 5.41) is 3.64. The van der Waals surface area contributed by atoms with Crippen molar-refractivity contribution < 1.29 is 14.0 Å². The van der Waals surface area contributed by atoms with E-state index in [0.717, 1.165) is 22.2 Å². The number of primary amides is 1. The fraction of sp³-hybridized carbons (Fsp3) is 0.182. The number of nitrogens with one attached hydrogen (secondary N) is 2. The zero-order valence-corrected chi connectivity index (χ0v) is 16.5. The summed E-state index contributed by atoms with van der Waals surface area (Å²) in [7, 11) is 0. The van der Waals surface area contributed by atoms with Gasteiger partial charge in [0.05, 0.1) is 5.52 Å². The van der Waals surface area contributed by atoms with Crippen molar-refractivity contribution in [2.24, 2.45) is 11.5 Å². The van der Waals surface area contributed by atoms with E-state index >= 15 is 0 Å². The topological polar surface area (TPSA) is 114 Å². The fourth-order valence-corrected chi connectivity index (χ4v) is 3.06. The van der Waals surface area contributed by atoms with E-state index in [9.17, 15) is 14.0 Å². The Kier molecular flexibility index (Phi) is 7.14. The first-order valence-corrected chi connectivity index (χ1v) is 9.06. The maximum atomic E-state index is 14.0. The Morgan fingerprint density at radius 3 is 2.62 bits per heavy atom. The van der Waals surface area contributed by atoms with Crippen LogP contribution in [0.5, 0.6) is 0 Å². The van der Waals surface area contributed by atoms with Gasteiger partial charge in [-0.2, -0.15) is 0 Å². The number of amides is 2. The number of aromatic amines is 1. The van der Waals surface area contributed by atoms with Crippen molar-refractivity contribution >= 4 is 22.7 Å². The van der Waals surface area contributed by atoms with E-state index in [2.05, 4.69) is 16.9 Å². The molecular formula is C22H25FN4O2. The highest BCUT2D eigenvalue weighted by Gasteiger charge is 2.13. The highest BCUT2D eigenvalue weighted by atomic mass is 19.1. The molecule has 0 aliphatic heterocycles. The maximum Gasteiger partial charge on any atom is 0.248 e. The van der Waals surface area contributed by atoms with Crippen molar-refractivity contribution in [1.82, 2.24) is 10.3 Å². The zero-order valence-electron chi connectivity index (χ0n) is 16.5. The lowest BCUT2D eigenvalue weighted by molar-refractivity contribution is -0.116. The van der Waals surface area contributed by atoms with Crippen LogP contribution in [0.2, 0.25) is 0 Å². The molecule has 152 valence electrons. The third-order valence-corrected chi connectivity index (χ3v) is 4.55. The highest BCUT2D eigenvalue weighted by Crippen LogP contribution is 2.27. The third kappa shape index (κ3) is 5.22. The first-order chi connectivity index (χ1) is 13.8. The fourth-order valence-electron chi connectivity index (χ4n) is 3.06. The lowest BCUT2D eigenvalue weighted by atomic mass is 10.0. The number of carbonyl (C=O) groups excluding carboxylic acids is 2. The second-order valence-corrected chi connectivity index (χ2v) is 6.55. The number of hydrogen-bond donors (Lipinski definition) is 4. The van der Waals surface area contributed by atoms with Gasteiger partial charge >= 0.3 is 0 Å². The molecule has 0 bridgehead atoms. The monoisotopic (exact) mass is 396 g/mol. The van der Waals surface area contributed by atoms with Crippen molar-refractivity contribution in [2.45, 2.75) is 20.3 Å². The van der Waals surface area contributed by atoms with E-state index < -0.39 is 5.91 Å². The van der Waals surface area contributed by atoms with Gasteiger partial charge in [-0.1, -0.05) is 18.7 Å². The molecule has 1 aromatic heterocycles. The summed E-state index contributed by atoms with van der Waals surface area (Å²) in [6, 6.07) is 3.19. The summed E-state index contributed by atoms with van der Waals surface area (Å²) in [6.45, 7) is 7.70. The number of nitrogens with two attached hydrogens (primary N) is 2. The van der Waals surface area contributed by atoms with Crippen molar-refractivity contribution in [3.8, 4) is 0 Å². The van der Waals surface area contributed by atoms with Crippen LogP contribution >= 0.6 is 0 Å². The van der Waals surface area contributed by atoms with Gasteiger partial charge in [-0.15, -0.1) is 0 Å². The predicted molar refractivity (Wildman–Crippen MR) is 113 cm³/mol. The summed E-state index contributed by atoms with van der Waals surface area (Å²) in [4.78, 5) is 26.4. The normalized spacial score (nSPS) is 12.5. The summed E-state index contributed by atoms with van der Waals surface area (Å²) in [5.74, 6) is -1.26. The lowest BCUT2D eigenvalue weighted by Crippen LogP contribution is -2.23. The van der Waals surface area contributed by atoms with Gasteiger partial charge < -0.3 is 21.8 Å². The van der Waals surface area contributed by atoms with Gasteiger partial charge in [-0.3, -0.25) is 9.59 Å². The standard InChI is InChI=1S/C22H25FN4O2/c1-4-16(22(25)29)11-15(12-24)6-8-19(28)26-10-9-17-14(3)27-21-18(23)7-5-13(2)20(17)21/h4-8,11-12,27H,1,9-10,24H2,2-3H3,(H2,25,29)(H,26,28)/b8-6+,15-12-,16-11+. The molecule has 2 aromatic rings. The van der Waals surface area contributed by atoms with Gasteiger partial charge in [-0.05, 0) is 55.2 Å². The van der Waals surface area contributed by atoms with E-state index in [4.69, 9.17) is 11.5 Å².